The lowest BCUT2D eigenvalue weighted by Gasteiger charge is -2.15. The number of nitrogens with one attached hydrogen (secondary N) is 2. The summed E-state index contributed by atoms with van der Waals surface area (Å²) in [6.45, 7) is 0.652. The second kappa shape index (κ2) is 8.12. The lowest BCUT2D eigenvalue weighted by Crippen LogP contribution is -2.44. The van der Waals surface area contributed by atoms with E-state index in [2.05, 4.69) is 26.6 Å². The first-order chi connectivity index (χ1) is 8.65. The summed E-state index contributed by atoms with van der Waals surface area (Å²) in [5.74, 6) is 0.648. The summed E-state index contributed by atoms with van der Waals surface area (Å²) >= 11 is 3.18. The maximum absolute atomic E-state index is 11.5. The van der Waals surface area contributed by atoms with E-state index in [1.807, 2.05) is 0 Å². The summed E-state index contributed by atoms with van der Waals surface area (Å²) in [4.78, 5) is 11.5. The number of aliphatic hydroxyl groups excluding tert-OH is 1. The Morgan fingerprint density at radius 3 is 2.94 bits per heavy atom. The van der Waals surface area contributed by atoms with Gasteiger partial charge in [0.2, 0.25) is 0 Å². The number of hydrogen-bond donors (Lipinski definition) is 3. The van der Waals surface area contributed by atoms with Crippen LogP contribution in [0.2, 0.25) is 0 Å². The van der Waals surface area contributed by atoms with Crippen molar-refractivity contribution in [2.45, 2.75) is 19.0 Å². The SMILES string of the molecule is COCC[C@@H](CO)NC(=O)NCc1ccc(Br)o1. The number of aliphatic hydroxyl groups is 1. The highest BCUT2D eigenvalue weighted by Crippen LogP contribution is 2.13. The monoisotopic (exact) mass is 320 g/mol. The second-order valence-corrected chi connectivity index (χ2v) is 4.48. The first-order valence-electron chi connectivity index (χ1n) is 5.54. The van der Waals surface area contributed by atoms with E-state index in [0.29, 0.717) is 30.0 Å². The zero-order chi connectivity index (χ0) is 13.4. The zero-order valence-electron chi connectivity index (χ0n) is 10.1. The van der Waals surface area contributed by atoms with E-state index in [1.54, 1.807) is 19.2 Å². The highest BCUT2D eigenvalue weighted by Gasteiger charge is 2.11. The largest absolute Gasteiger partial charge is 0.452 e. The van der Waals surface area contributed by atoms with E-state index >= 15 is 0 Å². The zero-order valence-corrected chi connectivity index (χ0v) is 11.7. The van der Waals surface area contributed by atoms with E-state index in [-0.39, 0.29) is 18.7 Å². The smallest absolute Gasteiger partial charge is 0.315 e. The number of amides is 2. The van der Waals surface area contributed by atoms with Gasteiger partial charge in [0, 0.05) is 13.7 Å². The molecule has 3 N–H and O–H groups in total. The molecule has 6 nitrogen and oxygen atoms in total. The van der Waals surface area contributed by atoms with Gasteiger partial charge in [-0.15, -0.1) is 0 Å². The van der Waals surface area contributed by atoms with E-state index in [4.69, 9.17) is 14.3 Å². The number of urea groups is 1. The molecule has 0 saturated carbocycles. The molecule has 0 aromatic carbocycles. The molecule has 0 aliphatic heterocycles. The van der Waals surface area contributed by atoms with Gasteiger partial charge in [0.15, 0.2) is 4.67 Å². The molecular formula is C11H17BrN2O4. The number of furan rings is 1. The maximum Gasteiger partial charge on any atom is 0.315 e. The van der Waals surface area contributed by atoms with Crippen molar-refractivity contribution in [2.24, 2.45) is 0 Å². The molecule has 0 aliphatic carbocycles. The first kappa shape index (κ1) is 15.0. The number of halogens is 1. The molecule has 1 aromatic rings. The average molecular weight is 321 g/mol. The third-order valence-corrected chi connectivity index (χ3v) is 2.70. The molecule has 1 atom stereocenters. The van der Waals surface area contributed by atoms with Crippen molar-refractivity contribution >= 4 is 22.0 Å². The molecule has 0 spiro atoms. The van der Waals surface area contributed by atoms with Crippen LogP contribution >= 0.6 is 15.9 Å². The van der Waals surface area contributed by atoms with Gasteiger partial charge in [0.05, 0.1) is 19.2 Å². The Bertz CT molecular complexity index is 370. The van der Waals surface area contributed by atoms with Crippen molar-refractivity contribution in [3.05, 3.63) is 22.6 Å². The van der Waals surface area contributed by atoms with Crippen molar-refractivity contribution in [1.29, 1.82) is 0 Å². The normalized spacial score (nSPS) is 12.2. The Hall–Kier alpha value is -1.05. The fraction of sp³-hybridized carbons (Fsp3) is 0.545. The van der Waals surface area contributed by atoms with Gasteiger partial charge in [-0.1, -0.05) is 0 Å². The summed E-state index contributed by atoms with van der Waals surface area (Å²) < 4.78 is 10.7. The molecule has 0 bridgehead atoms. The molecule has 0 radical (unpaired) electrons. The topological polar surface area (TPSA) is 83.7 Å². The number of methoxy groups -OCH3 is 1. The van der Waals surface area contributed by atoms with Crippen LogP contribution in [0.1, 0.15) is 12.2 Å². The summed E-state index contributed by atoms with van der Waals surface area (Å²) in [6, 6.07) is 2.86. The minimum atomic E-state index is -0.349. The third kappa shape index (κ3) is 5.52. The van der Waals surface area contributed by atoms with Crippen molar-refractivity contribution in [1.82, 2.24) is 10.6 Å². The van der Waals surface area contributed by atoms with Gasteiger partial charge in [-0.2, -0.15) is 0 Å². The Balaban J connectivity index is 2.27. The van der Waals surface area contributed by atoms with Crippen molar-refractivity contribution in [3.63, 3.8) is 0 Å². The van der Waals surface area contributed by atoms with Crippen molar-refractivity contribution < 1.29 is 19.1 Å². The maximum atomic E-state index is 11.5. The van der Waals surface area contributed by atoms with Gasteiger partial charge in [-0.25, -0.2) is 4.79 Å². The summed E-state index contributed by atoms with van der Waals surface area (Å²) in [5.41, 5.74) is 0. The molecule has 0 saturated heterocycles. The fourth-order valence-corrected chi connectivity index (χ4v) is 1.66. The molecule has 7 heteroatoms. The van der Waals surface area contributed by atoms with E-state index in [1.165, 1.54) is 0 Å². The van der Waals surface area contributed by atoms with E-state index in [0.717, 1.165) is 0 Å². The Morgan fingerprint density at radius 2 is 2.39 bits per heavy atom. The van der Waals surface area contributed by atoms with Crippen LogP contribution in [0.4, 0.5) is 4.79 Å². The Labute approximate surface area is 114 Å². The van der Waals surface area contributed by atoms with Gasteiger partial charge >= 0.3 is 6.03 Å². The molecule has 1 heterocycles. The number of rotatable bonds is 7. The molecule has 0 aliphatic rings. The van der Waals surface area contributed by atoms with Crippen LogP contribution in [-0.2, 0) is 11.3 Å². The first-order valence-corrected chi connectivity index (χ1v) is 6.33. The summed E-state index contributed by atoms with van der Waals surface area (Å²) in [6.07, 6.45) is 0.562. The number of hydrogen-bond acceptors (Lipinski definition) is 4. The average Bonchev–Trinajstić information content (AvgIpc) is 2.78. The van der Waals surface area contributed by atoms with Gasteiger partial charge in [-0.3, -0.25) is 0 Å². The van der Waals surface area contributed by atoms with Crippen LogP contribution in [0.15, 0.2) is 21.2 Å². The lowest BCUT2D eigenvalue weighted by molar-refractivity contribution is 0.159. The predicted molar refractivity (Wildman–Crippen MR) is 69.1 cm³/mol. The van der Waals surface area contributed by atoms with E-state index < -0.39 is 0 Å². The minimum absolute atomic E-state index is 0.122. The molecule has 1 rings (SSSR count). The van der Waals surface area contributed by atoms with Crippen molar-refractivity contribution in [3.8, 4) is 0 Å². The molecule has 1 aromatic heterocycles. The summed E-state index contributed by atoms with van der Waals surface area (Å²) in [5, 5.41) is 14.3. The number of carbonyl (C=O) groups is 1. The third-order valence-electron chi connectivity index (χ3n) is 2.28. The van der Waals surface area contributed by atoms with Crippen LogP contribution in [0.25, 0.3) is 0 Å². The highest BCUT2D eigenvalue weighted by molar-refractivity contribution is 9.10. The quantitative estimate of drug-likeness (QED) is 0.705. The van der Waals surface area contributed by atoms with Crippen LogP contribution < -0.4 is 10.6 Å². The number of carbonyl (C=O) groups excluding carboxylic acids is 1. The summed E-state index contributed by atoms with van der Waals surface area (Å²) in [7, 11) is 1.57. The second-order valence-electron chi connectivity index (χ2n) is 3.69. The molecule has 102 valence electrons. The molecule has 0 unspecified atom stereocenters. The van der Waals surface area contributed by atoms with Gasteiger partial charge in [-0.05, 0) is 34.5 Å². The van der Waals surface area contributed by atoms with Crippen molar-refractivity contribution in [2.75, 3.05) is 20.3 Å². The Morgan fingerprint density at radius 1 is 1.61 bits per heavy atom. The van der Waals surface area contributed by atoms with Gasteiger partial charge in [0.1, 0.15) is 5.76 Å². The lowest BCUT2D eigenvalue weighted by atomic mass is 10.2. The molecule has 18 heavy (non-hydrogen) atoms. The molecule has 0 fully saturated rings. The molecular weight excluding hydrogens is 304 g/mol. The Kier molecular flexibility index (Phi) is 6.77. The van der Waals surface area contributed by atoms with Crippen LogP contribution in [0.5, 0.6) is 0 Å². The fourth-order valence-electron chi connectivity index (χ4n) is 1.32. The van der Waals surface area contributed by atoms with Crippen LogP contribution in [0, 0.1) is 0 Å². The standard InChI is InChI=1S/C11H17BrN2O4/c1-17-5-4-8(7-15)14-11(16)13-6-9-2-3-10(12)18-9/h2-3,8,15H,4-7H2,1H3,(H2,13,14,16)/t8-/m0/s1. The predicted octanol–water partition coefficient (Wildman–Crippen LogP) is 1.24. The minimum Gasteiger partial charge on any atom is -0.452 e. The van der Waals surface area contributed by atoms with Gasteiger partial charge < -0.3 is 24.9 Å². The van der Waals surface area contributed by atoms with Crippen LogP contribution in [0.3, 0.4) is 0 Å². The van der Waals surface area contributed by atoms with E-state index in [9.17, 15) is 4.79 Å². The number of ether oxygens (including phenoxy) is 1. The molecule has 2 amide bonds. The van der Waals surface area contributed by atoms with Gasteiger partial charge in [0.25, 0.3) is 0 Å². The van der Waals surface area contributed by atoms with Crippen LogP contribution in [-0.4, -0.2) is 37.5 Å². The highest BCUT2D eigenvalue weighted by atomic mass is 79.9.